The van der Waals surface area contributed by atoms with E-state index in [0.29, 0.717) is 53.4 Å². The second-order valence-electron chi connectivity index (χ2n) is 9.17. The van der Waals surface area contributed by atoms with Crippen LogP contribution in [-0.4, -0.2) is 45.4 Å². The van der Waals surface area contributed by atoms with Crippen LogP contribution in [0.2, 0.25) is 0 Å². The Morgan fingerprint density at radius 1 is 1.16 bits per heavy atom. The number of benzene rings is 2. The van der Waals surface area contributed by atoms with Crippen LogP contribution < -0.4 is 15.3 Å². The molecule has 0 unspecified atom stereocenters. The van der Waals surface area contributed by atoms with Crippen LogP contribution in [0.15, 0.2) is 47.3 Å². The summed E-state index contributed by atoms with van der Waals surface area (Å²) < 4.78 is 51.3. The number of carbonyl (C=O) groups is 1. The molecule has 4 aromatic rings. The molecule has 0 aliphatic carbocycles. The summed E-state index contributed by atoms with van der Waals surface area (Å²) in [5, 5.41) is 4.36. The molecule has 2 aromatic heterocycles. The predicted octanol–water partition coefficient (Wildman–Crippen LogP) is 4.18. The average molecular weight is 514 g/mol. The van der Waals surface area contributed by atoms with Crippen molar-refractivity contribution in [3.63, 3.8) is 0 Å². The SMILES string of the molecule is COc1cccc2c1n(Cc1ccccc1C(F)(F)F)c(=O)n2[C@@H]1CCN(c2c(C=O)c(C)nn2C)C1. The van der Waals surface area contributed by atoms with Crippen molar-refractivity contribution in [2.45, 2.75) is 32.1 Å². The molecule has 8 nitrogen and oxygen atoms in total. The molecular formula is C26H26F3N5O3. The molecule has 1 saturated heterocycles. The molecule has 0 bridgehead atoms. The number of halogens is 3. The van der Waals surface area contributed by atoms with Crippen LogP contribution in [-0.2, 0) is 19.8 Å². The summed E-state index contributed by atoms with van der Waals surface area (Å²) in [4.78, 5) is 27.6. The normalized spacial score (nSPS) is 16.1. The van der Waals surface area contributed by atoms with Crippen LogP contribution in [0, 0.1) is 6.92 Å². The van der Waals surface area contributed by atoms with Gasteiger partial charge in [-0.1, -0.05) is 24.3 Å². The molecule has 1 aliphatic rings. The smallest absolute Gasteiger partial charge is 0.416 e. The first-order valence-electron chi connectivity index (χ1n) is 11.8. The van der Waals surface area contributed by atoms with Gasteiger partial charge in [-0.05, 0) is 37.1 Å². The largest absolute Gasteiger partial charge is 0.494 e. The lowest BCUT2D eigenvalue weighted by Crippen LogP contribution is -2.30. The second-order valence-corrected chi connectivity index (χ2v) is 9.17. The van der Waals surface area contributed by atoms with Crippen molar-refractivity contribution in [2.75, 3.05) is 25.1 Å². The molecular weight excluding hydrogens is 487 g/mol. The molecule has 0 amide bonds. The van der Waals surface area contributed by atoms with Crippen LogP contribution >= 0.6 is 0 Å². The summed E-state index contributed by atoms with van der Waals surface area (Å²) in [5.41, 5.74) is 0.947. The third-order valence-corrected chi connectivity index (χ3v) is 7.00. The van der Waals surface area contributed by atoms with E-state index < -0.39 is 17.4 Å². The fourth-order valence-electron chi connectivity index (χ4n) is 5.39. The topological polar surface area (TPSA) is 74.3 Å². The summed E-state index contributed by atoms with van der Waals surface area (Å²) in [6.45, 7) is 2.54. The standard InChI is InChI=1S/C26H26F3N5O3/c1-16-19(15-35)24(31(2)30-16)32-12-11-18(14-32)34-21-9-6-10-22(37-3)23(21)33(25(34)36)13-17-7-4-5-8-20(17)26(27,28)29/h4-10,15,18H,11-14H2,1-3H3/t18-/m1/s1. The van der Waals surface area contributed by atoms with E-state index in [1.807, 2.05) is 4.90 Å². The minimum atomic E-state index is -4.55. The van der Waals surface area contributed by atoms with Gasteiger partial charge in [-0.3, -0.25) is 18.6 Å². The molecule has 1 aliphatic heterocycles. The van der Waals surface area contributed by atoms with E-state index in [-0.39, 0.29) is 18.2 Å². The number of para-hydroxylation sites is 1. The number of nitrogens with zero attached hydrogens (tertiary/aromatic N) is 5. The Bertz CT molecular complexity index is 1550. The first-order chi connectivity index (χ1) is 17.7. The Hall–Kier alpha value is -4.02. The second kappa shape index (κ2) is 9.13. The Balaban J connectivity index is 1.61. The average Bonchev–Trinajstić information content (AvgIpc) is 3.52. The summed E-state index contributed by atoms with van der Waals surface area (Å²) >= 11 is 0. The van der Waals surface area contributed by atoms with E-state index in [9.17, 15) is 22.8 Å². The van der Waals surface area contributed by atoms with Crippen molar-refractivity contribution < 1.29 is 22.7 Å². The summed E-state index contributed by atoms with van der Waals surface area (Å²) in [6.07, 6.45) is -3.16. The Morgan fingerprint density at radius 3 is 2.62 bits per heavy atom. The van der Waals surface area contributed by atoms with Crippen LogP contribution in [0.5, 0.6) is 5.75 Å². The van der Waals surface area contributed by atoms with Crippen LogP contribution in [0.3, 0.4) is 0 Å². The van der Waals surface area contributed by atoms with E-state index in [2.05, 4.69) is 5.10 Å². The van der Waals surface area contributed by atoms with Crippen molar-refractivity contribution in [2.24, 2.45) is 7.05 Å². The van der Waals surface area contributed by atoms with Gasteiger partial charge in [0.1, 0.15) is 17.1 Å². The zero-order valence-electron chi connectivity index (χ0n) is 20.6. The number of ether oxygens (including phenoxy) is 1. The highest BCUT2D eigenvalue weighted by molar-refractivity contribution is 5.85. The maximum atomic E-state index is 13.8. The first kappa shape index (κ1) is 24.7. The third kappa shape index (κ3) is 4.08. The lowest BCUT2D eigenvalue weighted by Gasteiger charge is -2.19. The van der Waals surface area contributed by atoms with E-state index >= 15 is 0 Å². The molecule has 11 heteroatoms. The number of aromatic nitrogens is 4. The number of hydrogen-bond donors (Lipinski definition) is 0. The molecule has 1 atom stereocenters. The van der Waals surface area contributed by atoms with Gasteiger partial charge in [-0.15, -0.1) is 0 Å². The van der Waals surface area contributed by atoms with E-state index in [1.165, 1.54) is 29.9 Å². The highest BCUT2D eigenvalue weighted by Gasteiger charge is 2.35. The number of carbonyl (C=O) groups excluding carboxylic acids is 1. The zero-order chi connectivity index (χ0) is 26.5. The van der Waals surface area contributed by atoms with Crippen LogP contribution in [0.4, 0.5) is 19.0 Å². The first-order valence-corrected chi connectivity index (χ1v) is 11.8. The maximum absolute atomic E-state index is 13.8. The van der Waals surface area contributed by atoms with Gasteiger partial charge >= 0.3 is 11.9 Å². The Morgan fingerprint density at radius 2 is 1.92 bits per heavy atom. The van der Waals surface area contributed by atoms with Gasteiger partial charge in [0.25, 0.3) is 0 Å². The molecule has 0 saturated carbocycles. The Labute approximate surface area is 210 Å². The highest BCUT2D eigenvalue weighted by Crippen LogP contribution is 2.35. The quantitative estimate of drug-likeness (QED) is 0.362. The number of aryl methyl sites for hydroxylation is 2. The maximum Gasteiger partial charge on any atom is 0.416 e. The summed E-state index contributed by atoms with van der Waals surface area (Å²) in [7, 11) is 3.23. The molecule has 0 spiro atoms. The fourth-order valence-corrected chi connectivity index (χ4v) is 5.39. The van der Waals surface area contributed by atoms with Gasteiger partial charge in [0.15, 0.2) is 6.29 Å². The molecule has 2 aromatic carbocycles. The Kier molecular flexibility index (Phi) is 6.09. The van der Waals surface area contributed by atoms with Gasteiger partial charge in [0, 0.05) is 20.1 Å². The van der Waals surface area contributed by atoms with Gasteiger partial charge in [-0.2, -0.15) is 18.3 Å². The number of anilines is 1. The van der Waals surface area contributed by atoms with E-state index in [4.69, 9.17) is 4.74 Å². The van der Waals surface area contributed by atoms with Crippen LogP contribution in [0.1, 0.15) is 39.6 Å². The predicted molar refractivity (Wildman–Crippen MR) is 132 cm³/mol. The monoisotopic (exact) mass is 513 g/mol. The third-order valence-electron chi connectivity index (χ3n) is 7.00. The number of aldehydes is 1. The van der Waals surface area contributed by atoms with Crippen molar-refractivity contribution in [3.8, 4) is 5.75 Å². The minimum Gasteiger partial charge on any atom is -0.494 e. The van der Waals surface area contributed by atoms with E-state index in [1.54, 1.807) is 41.4 Å². The molecule has 194 valence electrons. The van der Waals surface area contributed by atoms with Gasteiger partial charge in [0.05, 0.1) is 42.0 Å². The number of hydrogen-bond acceptors (Lipinski definition) is 5. The summed E-state index contributed by atoms with van der Waals surface area (Å²) in [5.74, 6) is 1.08. The number of rotatable bonds is 6. The molecule has 37 heavy (non-hydrogen) atoms. The van der Waals surface area contributed by atoms with Crippen molar-refractivity contribution in [1.29, 1.82) is 0 Å². The molecule has 0 radical (unpaired) electrons. The van der Waals surface area contributed by atoms with Crippen molar-refractivity contribution in [3.05, 3.63) is 75.3 Å². The molecule has 5 rings (SSSR count). The number of alkyl halides is 3. The van der Waals surface area contributed by atoms with Crippen molar-refractivity contribution in [1.82, 2.24) is 18.9 Å². The van der Waals surface area contributed by atoms with Crippen molar-refractivity contribution >= 4 is 23.1 Å². The molecule has 1 fully saturated rings. The number of imidazole rings is 1. The van der Waals surface area contributed by atoms with Gasteiger partial charge in [-0.25, -0.2) is 4.79 Å². The van der Waals surface area contributed by atoms with E-state index in [0.717, 1.165) is 12.4 Å². The fraction of sp³-hybridized carbons (Fsp3) is 0.346. The lowest BCUT2D eigenvalue weighted by molar-refractivity contribution is -0.138. The number of methoxy groups -OCH3 is 1. The summed E-state index contributed by atoms with van der Waals surface area (Å²) in [6, 6.07) is 10.2. The minimum absolute atomic E-state index is 0.00362. The highest BCUT2D eigenvalue weighted by atomic mass is 19.4. The lowest BCUT2D eigenvalue weighted by atomic mass is 10.1. The van der Waals surface area contributed by atoms with Gasteiger partial charge in [0.2, 0.25) is 0 Å². The number of fused-ring (bicyclic) bond motifs is 1. The van der Waals surface area contributed by atoms with Gasteiger partial charge < -0.3 is 9.64 Å². The zero-order valence-corrected chi connectivity index (χ0v) is 20.6. The molecule has 3 heterocycles. The van der Waals surface area contributed by atoms with Crippen LogP contribution in [0.25, 0.3) is 11.0 Å². The molecule has 0 N–H and O–H groups in total.